The number of benzene rings is 1. The van der Waals surface area contributed by atoms with E-state index in [-0.39, 0.29) is 5.56 Å². The fourth-order valence-electron chi connectivity index (χ4n) is 1.81. The van der Waals surface area contributed by atoms with Crippen molar-refractivity contribution in [3.63, 3.8) is 0 Å². The lowest BCUT2D eigenvalue weighted by molar-refractivity contribution is 0.0697. The summed E-state index contributed by atoms with van der Waals surface area (Å²) in [6.45, 7) is 0. The highest BCUT2D eigenvalue weighted by Crippen LogP contribution is 2.18. The van der Waals surface area contributed by atoms with E-state index in [0.717, 1.165) is 5.69 Å². The van der Waals surface area contributed by atoms with Crippen LogP contribution in [0.25, 0.3) is 11.5 Å². The van der Waals surface area contributed by atoms with Crippen LogP contribution in [0.3, 0.4) is 0 Å². The van der Waals surface area contributed by atoms with Gasteiger partial charge < -0.3 is 5.11 Å². The van der Waals surface area contributed by atoms with Gasteiger partial charge in [0, 0.05) is 0 Å². The first kappa shape index (κ1) is 11.1. The molecule has 2 heterocycles. The third kappa shape index (κ3) is 1.86. The standard InChI is InChI=1S/C12H9N5O2/c18-12(19)10-6-15-17(9-4-2-1-3-5-9)11(10)16-7-13-14-8-16/h1-8H,(H,18,19). The molecule has 0 bridgehead atoms. The van der Waals surface area contributed by atoms with E-state index in [9.17, 15) is 9.90 Å². The van der Waals surface area contributed by atoms with Crippen molar-refractivity contribution in [1.29, 1.82) is 0 Å². The predicted molar refractivity (Wildman–Crippen MR) is 65.4 cm³/mol. The van der Waals surface area contributed by atoms with Gasteiger partial charge >= 0.3 is 5.97 Å². The number of nitrogens with zero attached hydrogens (tertiary/aromatic N) is 5. The Balaban J connectivity index is 2.24. The Bertz CT molecular complexity index is 703. The first-order valence-corrected chi connectivity index (χ1v) is 5.49. The quantitative estimate of drug-likeness (QED) is 0.758. The highest BCUT2D eigenvalue weighted by Gasteiger charge is 2.19. The minimum absolute atomic E-state index is 0.0867. The number of para-hydroxylation sites is 1. The van der Waals surface area contributed by atoms with E-state index >= 15 is 0 Å². The molecule has 1 aromatic carbocycles. The van der Waals surface area contributed by atoms with Crippen LogP contribution in [0.1, 0.15) is 10.4 Å². The summed E-state index contributed by atoms with van der Waals surface area (Å²) in [7, 11) is 0. The number of aromatic nitrogens is 5. The van der Waals surface area contributed by atoms with Gasteiger partial charge in [-0.1, -0.05) is 18.2 Å². The SMILES string of the molecule is O=C(O)c1cnn(-c2ccccc2)c1-n1cnnc1. The molecule has 0 amide bonds. The van der Waals surface area contributed by atoms with Gasteiger partial charge in [0.25, 0.3) is 0 Å². The van der Waals surface area contributed by atoms with Crippen molar-refractivity contribution in [3.8, 4) is 11.5 Å². The van der Waals surface area contributed by atoms with E-state index in [1.807, 2.05) is 30.3 Å². The fourth-order valence-corrected chi connectivity index (χ4v) is 1.81. The Morgan fingerprint density at radius 3 is 2.42 bits per heavy atom. The van der Waals surface area contributed by atoms with Crippen molar-refractivity contribution in [2.45, 2.75) is 0 Å². The van der Waals surface area contributed by atoms with E-state index in [1.165, 1.54) is 28.1 Å². The second-order valence-electron chi connectivity index (χ2n) is 3.80. The number of hydrogen-bond donors (Lipinski definition) is 1. The molecule has 0 aliphatic heterocycles. The van der Waals surface area contributed by atoms with Gasteiger partial charge in [-0.2, -0.15) is 5.10 Å². The molecule has 3 aromatic rings. The van der Waals surface area contributed by atoms with Crippen LogP contribution in [-0.4, -0.2) is 35.6 Å². The zero-order chi connectivity index (χ0) is 13.2. The smallest absolute Gasteiger partial charge is 0.341 e. The highest BCUT2D eigenvalue weighted by molar-refractivity contribution is 5.91. The Labute approximate surface area is 107 Å². The third-order valence-corrected chi connectivity index (χ3v) is 2.64. The van der Waals surface area contributed by atoms with Gasteiger partial charge in [0.15, 0.2) is 5.82 Å². The van der Waals surface area contributed by atoms with Crippen LogP contribution in [0.4, 0.5) is 0 Å². The summed E-state index contributed by atoms with van der Waals surface area (Å²) in [5, 5.41) is 20.7. The number of carboxylic acid groups (broad SMARTS) is 1. The zero-order valence-electron chi connectivity index (χ0n) is 9.71. The summed E-state index contributed by atoms with van der Waals surface area (Å²) < 4.78 is 3.05. The van der Waals surface area contributed by atoms with Gasteiger partial charge in [0.2, 0.25) is 0 Å². The molecule has 0 unspecified atom stereocenters. The maximum atomic E-state index is 11.3. The van der Waals surface area contributed by atoms with Gasteiger partial charge in [0.05, 0.1) is 11.9 Å². The van der Waals surface area contributed by atoms with Crippen molar-refractivity contribution >= 4 is 5.97 Å². The zero-order valence-corrected chi connectivity index (χ0v) is 9.71. The monoisotopic (exact) mass is 255 g/mol. The Hall–Kier alpha value is -2.96. The van der Waals surface area contributed by atoms with Crippen LogP contribution in [-0.2, 0) is 0 Å². The summed E-state index contributed by atoms with van der Waals surface area (Å²) in [6, 6.07) is 9.27. The Morgan fingerprint density at radius 2 is 1.79 bits per heavy atom. The van der Waals surface area contributed by atoms with E-state index < -0.39 is 5.97 Å². The topological polar surface area (TPSA) is 85.8 Å². The maximum absolute atomic E-state index is 11.3. The number of aromatic carboxylic acids is 1. The summed E-state index contributed by atoms with van der Waals surface area (Å²) in [5.74, 6) is -0.658. The first-order chi connectivity index (χ1) is 9.27. The summed E-state index contributed by atoms with van der Waals surface area (Å²) in [6.07, 6.45) is 4.18. The average Bonchev–Trinajstić information content (AvgIpc) is 3.08. The van der Waals surface area contributed by atoms with Crippen molar-refractivity contribution in [3.05, 3.63) is 54.7 Å². The van der Waals surface area contributed by atoms with Gasteiger partial charge in [-0.05, 0) is 12.1 Å². The molecule has 1 N–H and O–H groups in total. The third-order valence-electron chi connectivity index (χ3n) is 2.64. The second-order valence-corrected chi connectivity index (χ2v) is 3.80. The van der Waals surface area contributed by atoms with Crippen molar-refractivity contribution in [1.82, 2.24) is 24.5 Å². The van der Waals surface area contributed by atoms with E-state index in [0.29, 0.717) is 5.82 Å². The summed E-state index contributed by atoms with van der Waals surface area (Å²) >= 11 is 0. The van der Waals surface area contributed by atoms with Gasteiger partial charge in [0.1, 0.15) is 18.2 Å². The predicted octanol–water partition coefficient (Wildman–Crippen LogP) is 1.15. The van der Waals surface area contributed by atoms with Crippen LogP contribution in [0.15, 0.2) is 49.2 Å². The average molecular weight is 255 g/mol. The lowest BCUT2D eigenvalue weighted by atomic mass is 10.3. The van der Waals surface area contributed by atoms with E-state index in [1.54, 1.807) is 0 Å². The summed E-state index contributed by atoms with van der Waals surface area (Å²) in [4.78, 5) is 11.3. The molecular weight excluding hydrogens is 246 g/mol. The fraction of sp³-hybridized carbons (Fsp3) is 0. The molecule has 2 aromatic heterocycles. The van der Waals surface area contributed by atoms with Crippen molar-refractivity contribution in [2.75, 3.05) is 0 Å². The Kier molecular flexibility index (Phi) is 2.57. The normalized spacial score (nSPS) is 10.5. The molecule has 0 saturated carbocycles. The van der Waals surface area contributed by atoms with E-state index in [4.69, 9.17) is 0 Å². The highest BCUT2D eigenvalue weighted by atomic mass is 16.4. The Morgan fingerprint density at radius 1 is 1.11 bits per heavy atom. The lowest BCUT2D eigenvalue weighted by Crippen LogP contribution is -2.08. The molecule has 3 rings (SSSR count). The molecule has 0 aliphatic carbocycles. The lowest BCUT2D eigenvalue weighted by Gasteiger charge is -2.08. The molecule has 94 valence electrons. The van der Waals surface area contributed by atoms with Crippen LogP contribution in [0.2, 0.25) is 0 Å². The molecule has 0 radical (unpaired) electrons. The molecule has 19 heavy (non-hydrogen) atoms. The first-order valence-electron chi connectivity index (χ1n) is 5.49. The van der Waals surface area contributed by atoms with Gasteiger partial charge in [-0.25, -0.2) is 9.48 Å². The molecule has 0 fully saturated rings. The van der Waals surface area contributed by atoms with Gasteiger partial charge in [-0.3, -0.25) is 4.57 Å². The minimum Gasteiger partial charge on any atom is -0.477 e. The van der Waals surface area contributed by atoms with E-state index in [2.05, 4.69) is 15.3 Å². The molecule has 0 saturated heterocycles. The van der Waals surface area contributed by atoms with Crippen LogP contribution < -0.4 is 0 Å². The van der Waals surface area contributed by atoms with Crippen LogP contribution >= 0.6 is 0 Å². The van der Waals surface area contributed by atoms with Crippen LogP contribution in [0.5, 0.6) is 0 Å². The minimum atomic E-state index is -1.05. The molecule has 0 spiro atoms. The number of carbonyl (C=O) groups is 1. The number of hydrogen-bond acceptors (Lipinski definition) is 4. The van der Waals surface area contributed by atoms with Crippen LogP contribution in [0, 0.1) is 0 Å². The van der Waals surface area contributed by atoms with Gasteiger partial charge in [-0.15, -0.1) is 10.2 Å². The molecule has 0 atom stereocenters. The van der Waals surface area contributed by atoms with Crippen molar-refractivity contribution in [2.24, 2.45) is 0 Å². The number of carboxylic acids is 1. The molecule has 7 heteroatoms. The summed E-state index contributed by atoms with van der Waals surface area (Å²) in [5.41, 5.74) is 0.849. The number of rotatable bonds is 3. The molecule has 0 aliphatic rings. The molecular formula is C12H9N5O2. The largest absolute Gasteiger partial charge is 0.477 e. The molecule has 7 nitrogen and oxygen atoms in total. The maximum Gasteiger partial charge on any atom is 0.341 e. The van der Waals surface area contributed by atoms with Crippen molar-refractivity contribution < 1.29 is 9.90 Å². The second kappa shape index (κ2) is 4.37.